The quantitative estimate of drug-likeness (QED) is 0.703. The minimum atomic E-state index is 0.0866. The predicted octanol–water partition coefficient (Wildman–Crippen LogP) is 3.59. The molecule has 0 saturated carbocycles. The molecular weight excluding hydrogens is 348 g/mol. The average Bonchev–Trinajstić information content (AvgIpc) is 2.94. The second-order valence-electron chi connectivity index (χ2n) is 7.51. The van der Waals surface area contributed by atoms with Crippen LogP contribution in [0.15, 0.2) is 48.5 Å². The van der Waals surface area contributed by atoms with Crippen LogP contribution in [0.1, 0.15) is 33.7 Å². The molecule has 5 heteroatoms. The lowest BCUT2D eigenvalue weighted by Gasteiger charge is -2.22. The summed E-state index contributed by atoms with van der Waals surface area (Å²) < 4.78 is 0. The van der Waals surface area contributed by atoms with E-state index in [1.165, 1.54) is 5.56 Å². The van der Waals surface area contributed by atoms with Crippen LogP contribution in [0.2, 0.25) is 0 Å². The third-order valence-electron chi connectivity index (χ3n) is 5.45. The van der Waals surface area contributed by atoms with Crippen molar-refractivity contribution in [2.45, 2.75) is 26.8 Å². The van der Waals surface area contributed by atoms with Crippen LogP contribution in [-0.4, -0.2) is 51.9 Å². The van der Waals surface area contributed by atoms with E-state index in [2.05, 4.69) is 39.1 Å². The van der Waals surface area contributed by atoms with Gasteiger partial charge in [0.2, 0.25) is 0 Å². The molecule has 0 unspecified atom stereocenters. The van der Waals surface area contributed by atoms with Crippen molar-refractivity contribution in [1.82, 2.24) is 19.8 Å². The Morgan fingerprint density at radius 3 is 2.43 bits per heavy atom. The standard InChI is InChI=1S/C23H26N4O/c1-17-18(2)25-22-15-20(9-10-21(22)24-17)23(28)27-12-6-11-26(13-14-27)16-19-7-4-3-5-8-19/h3-5,7-10,15H,6,11-14,16H2,1-2H3. The Hall–Kier alpha value is -2.79. The molecule has 0 aliphatic carbocycles. The van der Waals surface area contributed by atoms with Crippen LogP contribution in [-0.2, 0) is 6.54 Å². The highest BCUT2D eigenvalue weighted by atomic mass is 16.2. The molecule has 144 valence electrons. The van der Waals surface area contributed by atoms with Crippen molar-refractivity contribution in [2.75, 3.05) is 26.2 Å². The normalized spacial score (nSPS) is 15.6. The molecule has 0 N–H and O–H groups in total. The number of aryl methyl sites for hydroxylation is 2. The van der Waals surface area contributed by atoms with Crippen molar-refractivity contribution in [3.8, 4) is 0 Å². The summed E-state index contributed by atoms with van der Waals surface area (Å²) in [4.78, 5) is 26.6. The van der Waals surface area contributed by atoms with E-state index in [4.69, 9.17) is 0 Å². The summed E-state index contributed by atoms with van der Waals surface area (Å²) in [5.74, 6) is 0.0866. The fraction of sp³-hybridized carbons (Fsp3) is 0.348. The second-order valence-corrected chi connectivity index (χ2v) is 7.51. The van der Waals surface area contributed by atoms with Gasteiger partial charge >= 0.3 is 0 Å². The molecule has 1 aliphatic rings. The lowest BCUT2D eigenvalue weighted by molar-refractivity contribution is 0.0761. The molecule has 1 fully saturated rings. The zero-order chi connectivity index (χ0) is 19.5. The number of hydrogen-bond donors (Lipinski definition) is 0. The third-order valence-corrected chi connectivity index (χ3v) is 5.45. The molecule has 2 heterocycles. The molecule has 0 radical (unpaired) electrons. The van der Waals surface area contributed by atoms with Crippen LogP contribution in [0.5, 0.6) is 0 Å². The van der Waals surface area contributed by atoms with Crippen LogP contribution < -0.4 is 0 Å². The minimum absolute atomic E-state index is 0.0866. The lowest BCUT2D eigenvalue weighted by atomic mass is 10.1. The average molecular weight is 374 g/mol. The Balaban J connectivity index is 1.46. The van der Waals surface area contributed by atoms with Crippen molar-refractivity contribution in [2.24, 2.45) is 0 Å². The van der Waals surface area contributed by atoms with Crippen LogP contribution in [0.4, 0.5) is 0 Å². The van der Waals surface area contributed by atoms with Crippen molar-refractivity contribution in [3.05, 3.63) is 71.0 Å². The molecule has 2 aromatic carbocycles. The molecule has 0 atom stereocenters. The highest BCUT2D eigenvalue weighted by Gasteiger charge is 2.21. The molecule has 1 aromatic heterocycles. The first kappa shape index (κ1) is 18.6. The first-order chi connectivity index (χ1) is 13.6. The Kier molecular flexibility index (Phi) is 5.35. The van der Waals surface area contributed by atoms with Crippen molar-refractivity contribution in [1.29, 1.82) is 0 Å². The number of fused-ring (bicyclic) bond motifs is 1. The summed E-state index contributed by atoms with van der Waals surface area (Å²) in [6.07, 6.45) is 0.990. The fourth-order valence-electron chi connectivity index (χ4n) is 3.72. The van der Waals surface area contributed by atoms with Gasteiger partial charge in [-0.15, -0.1) is 0 Å². The number of aromatic nitrogens is 2. The summed E-state index contributed by atoms with van der Waals surface area (Å²) in [6, 6.07) is 16.2. The molecule has 4 rings (SSSR count). The van der Waals surface area contributed by atoms with E-state index in [0.717, 1.165) is 61.6 Å². The number of carbonyl (C=O) groups excluding carboxylic acids is 1. The van der Waals surface area contributed by atoms with Gasteiger partial charge in [-0.2, -0.15) is 0 Å². The third kappa shape index (κ3) is 4.04. The summed E-state index contributed by atoms with van der Waals surface area (Å²) >= 11 is 0. The molecule has 1 amide bonds. The van der Waals surface area contributed by atoms with Crippen molar-refractivity contribution < 1.29 is 4.79 Å². The number of hydrogen-bond acceptors (Lipinski definition) is 4. The maximum atomic E-state index is 13.1. The topological polar surface area (TPSA) is 49.3 Å². The smallest absolute Gasteiger partial charge is 0.253 e. The van der Waals surface area contributed by atoms with Gasteiger partial charge in [-0.05, 0) is 44.0 Å². The maximum Gasteiger partial charge on any atom is 0.253 e. The van der Waals surface area contributed by atoms with Crippen LogP contribution >= 0.6 is 0 Å². The summed E-state index contributed by atoms with van der Waals surface area (Å²) in [5, 5.41) is 0. The second kappa shape index (κ2) is 8.07. The van der Waals surface area contributed by atoms with E-state index in [9.17, 15) is 4.79 Å². The van der Waals surface area contributed by atoms with E-state index in [0.29, 0.717) is 5.56 Å². The van der Waals surface area contributed by atoms with Gasteiger partial charge in [0.15, 0.2) is 0 Å². The van der Waals surface area contributed by atoms with Gasteiger partial charge in [0.1, 0.15) is 0 Å². The van der Waals surface area contributed by atoms with E-state index in [1.54, 1.807) is 0 Å². The SMILES string of the molecule is Cc1nc2ccc(C(=O)N3CCCN(Cc4ccccc4)CC3)cc2nc1C. The molecule has 28 heavy (non-hydrogen) atoms. The van der Waals surface area contributed by atoms with Gasteiger partial charge in [-0.25, -0.2) is 9.97 Å². The first-order valence-electron chi connectivity index (χ1n) is 9.91. The van der Waals surface area contributed by atoms with Crippen LogP contribution in [0, 0.1) is 13.8 Å². The molecular formula is C23H26N4O. The maximum absolute atomic E-state index is 13.1. The molecule has 3 aromatic rings. The largest absolute Gasteiger partial charge is 0.337 e. The summed E-state index contributed by atoms with van der Waals surface area (Å²) in [5.41, 5.74) is 5.47. The number of rotatable bonds is 3. The molecule has 0 spiro atoms. The van der Waals surface area contributed by atoms with E-state index in [1.807, 2.05) is 43.0 Å². The van der Waals surface area contributed by atoms with Gasteiger partial charge < -0.3 is 4.90 Å². The molecule has 1 saturated heterocycles. The van der Waals surface area contributed by atoms with Crippen molar-refractivity contribution in [3.63, 3.8) is 0 Å². The number of benzene rings is 2. The van der Waals surface area contributed by atoms with Crippen LogP contribution in [0.3, 0.4) is 0 Å². The van der Waals surface area contributed by atoms with Crippen LogP contribution in [0.25, 0.3) is 11.0 Å². The Labute approximate surface area is 166 Å². The Morgan fingerprint density at radius 1 is 0.893 bits per heavy atom. The zero-order valence-electron chi connectivity index (χ0n) is 16.6. The Bertz CT molecular complexity index is 987. The summed E-state index contributed by atoms with van der Waals surface area (Å²) in [6.45, 7) is 8.30. The summed E-state index contributed by atoms with van der Waals surface area (Å²) in [7, 11) is 0. The lowest BCUT2D eigenvalue weighted by Crippen LogP contribution is -2.35. The molecule has 0 bridgehead atoms. The van der Waals surface area contributed by atoms with Gasteiger partial charge in [0.25, 0.3) is 5.91 Å². The Morgan fingerprint density at radius 2 is 1.64 bits per heavy atom. The molecule has 1 aliphatic heterocycles. The van der Waals surface area contributed by atoms with E-state index < -0.39 is 0 Å². The fourth-order valence-corrected chi connectivity index (χ4v) is 3.72. The highest BCUT2D eigenvalue weighted by Crippen LogP contribution is 2.17. The van der Waals surface area contributed by atoms with Gasteiger partial charge in [0.05, 0.1) is 22.4 Å². The first-order valence-corrected chi connectivity index (χ1v) is 9.91. The van der Waals surface area contributed by atoms with E-state index in [-0.39, 0.29) is 5.91 Å². The van der Waals surface area contributed by atoms with E-state index >= 15 is 0 Å². The number of nitrogens with zero attached hydrogens (tertiary/aromatic N) is 4. The zero-order valence-corrected chi connectivity index (χ0v) is 16.6. The van der Waals surface area contributed by atoms with Gasteiger partial charge in [-0.3, -0.25) is 9.69 Å². The van der Waals surface area contributed by atoms with Gasteiger partial charge in [-0.1, -0.05) is 30.3 Å². The predicted molar refractivity (Wildman–Crippen MR) is 111 cm³/mol. The van der Waals surface area contributed by atoms with Gasteiger partial charge in [0, 0.05) is 38.3 Å². The van der Waals surface area contributed by atoms with Crippen molar-refractivity contribution >= 4 is 16.9 Å². The highest BCUT2D eigenvalue weighted by molar-refractivity contribution is 5.97. The number of amides is 1. The minimum Gasteiger partial charge on any atom is -0.337 e. The number of carbonyl (C=O) groups is 1. The molecule has 5 nitrogen and oxygen atoms in total. The monoisotopic (exact) mass is 374 g/mol.